The van der Waals surface area contributed by atoms with Crippen molar-refractivity contribution < 1.29 is 19.5 Å². The van der Waals surface area contributed by atoms with Crippen molar-refractivity contribution in [2.45, 2.75) is 62.1 Å². The third-order valence-corrected chi connectivity index (χ3v) is 6.53. The van der Waals surface area contributed by atoms with Crippen LogP contribution in [0.15, 0.2) is 29.4 Å². The van der Waals surface area contributed by atoms with Crippen molar-refractivity contribution >= 4 is 38.1 Å². The van der Waals surface area contributed by atoms with Gasteiger partial charge in [0.1, 0.15) is 5.75 Å². The van der Waals surface area contributed by atoms with Crippen LogP contribution in [0.4, 0.5) is 4.79 Å². The van der Waals surface area contributed by atoms with Crippen molar-refractivity contribution in [2.75, 3.05) is 0 Å². The number of halogens is 1. The van der Waals surface area contributed by atoms with Gasteiger partial charge in [-0.2, -0.15) is 0 Å². The average Bonchev–Trinajstić information content (AvgIpc) is 2.68. The normalized spacial score (nSPS) is 33.1. The van der Waals surface area contributed by atoms with Crippen LogP contribution in [0.3, 0.4) is 0 Å². The molecule has 144 valence electrons. The summed E-state index contributed by atoms with van der Waals surface area (Å²) < 4.78 is 5.86. The van der Waals surface area contributed by atoms with Crippen LogP contribution in [0.2, 0.25) is 0 Å². The zero-order valence-electron chi connectivity index (χ0n) is 14.8. The molecule has 1 aliphatic heterocycles. The Bertz CT molecular complexity index is 785. The second kappa shape index (κ2) is 6.96. The van der Waals surface area contributed by atoms with Gasteiger partial charge in [-0.1, -0.05) is 17.3 Å². The number of amides is 2. The van der Waals surface area contributed by atoms with E-state index in [1.54, 1.807) is 28.7 Å². The van der Waals surface area contributed by atoms with E-state index in [1.165, 1.54) is 0 Å². The molecule has 1 aromatic carbocycles. The Morgan fingerprint density at radius 1 is 1.07 bits per heavy atom. The molecule has 2 amide bonds. The lowest BCUT2D eigenvalue weighted by Gasteiger charge is -2.53. The minimum absolute atomic E-state index is 0.0175. The quantitative estimate of drug-likeness (QED) is 0.202. The first-order valence-electron chi connectivity index (χ1n) is 9.21. The highest BCUT2D eigenvalue weighted by Gasteiger charge is 2.50. The Labute approximate surface area is 171 Å². The van der Waals surface area contributed by atoms with Gasteiger partial charge in [0, 0.05) is 45.7 Å². The van der Waals surface area contributed by atoms with Crippen LogP contribution in [-0.2, 0) is 4.79 Å². The summed E-state index contributed by atoms with van der Waals surface area (Å²) in [4.78, 5) is 24.4. The summed E-state index contributed by atoms with van der Waals surface area (Å²) in [7, 11) is 0. The van der Waals surface area contributed by atoms with Crippen LogP contribution >= 0.6 is 22.6 Å². The molecule has 2 bridgehead atoms. The largest absolute Gasteiger partial charge is 0.479 e. The molecule has 7 nitrogen and oxygen atoms in total. The Balaban J connectivity index is 1.44. The molecule has 0 saturated heterocycles. The van der Waals surface area contributed by atoms with Gasteiger partial charge in [-0.3, -0.25) is 9.59 Å². The molecular formula is C19H22IN3O4. The number of carbonyl (C=O) groups is 2. The highest BCUT2D eigenvalue weighted by Crippen LogP contribution is 2.47. The summed E-state index contributed by atoms with van der Waals surface area (Å²) in [5, 5.41) is 19.0. The van der Waals surface area contributed by atoms with Gasteiger partial charge in [0.05, 0.1) is 5.71 Å². The second-order valence-corrected chi connectivity index (χ2v) is 8.78. The summed E-state index contributed by atoms with van der Waals surface area (Å²) in [5.74, 6) is 0.392. The number of oxime groups is 1. The summed E-state index contributed by atoms with van der Waals surface area (Å²) in [5.41, 5.74) is 0.843. The Hall–Kier alpha value is -1.84. The number of fused-ring (bicyclic) bond motifs is 4. The standard InChI is InChI=1S/C19H22IN3O4/c20-17(25)22-19-8-5-18(6-9-19,7-10-19)21-16(24)15-11-13(23-26)12-3-1-2-4-14(12)27-15/h1-4,15,26H,5-11H2,(H,21,24)(H,22,25)/b23-13+. The molecule has 3 N–H and O–H groups in total. The zero-order valence-corrected chi connectivity index (χ0v) is 17.0. The fraction of sp³-hybridized carbons (Fsp3) is 0.526. The molecule has 1 unspecified atom stereocenters. The number of ether oxygens (including phenoxy) is 1. The molecule has 3 aliphatic carbocycles. The van der Waals surface area contributed by atoms with Crippen LogP contribution in [0, 0.1) is 0 Å². The van der Waals surface area contributed by atoms with E-state index in [0.29, 0.717) is 11.5 Å². The maximum absolute atomic E-state index is 12.9. The smallest absolute Gasteiger partial charge is 0.281 e. The van der Waals surface area contributed by atoms with Gasteiger partial charge in [-0.05, 0) is 50.7 Å². The van der Waals surface area contributed by atoms with E-state index >= 15 is 0 Å². The Kier molecular flexibility index (Phi) is 4.77. The summed E-state index contributed by atoms with van der Waals surface area (Å²) in [6.45, 7) is 0. The first-order chi connectivity index (χ1) is 12.9. The molecule has 0 spiro atoms. The predicted octanol–water partition coefficient (Wildman–Crippen LogP) is 3.12. The Morgan fingerprint density at radius 2 is 1.67 bits per heavy atom. The first-order valence-corrected chi connectivity index (χ1v) is 10.3. The van der Waals surface area contributed by atoms with E-state index < -0.39 is 6.10 Å². The molecule has 1 heterocycles. The maximum atomic E-state index is 12.9. The van der Waals surface area contributed by atoms with Gasteiger partial charge < -0.3 is 20.6 Å². The molecule has 1 atom stereocenters. The molecule has 3 fully saturated rings. The summed E-state index contributed by atoms with van der Waals surface area (Å²) in [6, 6.07) is 7.27. The number of hydrogen-bond donors (Lipinski definition) is 3. The molecule has 1 aromatic rings. The third-order valence-electron chi connectivity index (χ3n) is 6.26. The molecule has 0 aromatic heterocycles. The van der Waals surface area contributed by atoms with E-state index in [1.807, 2.05) is 18.2 Å². The lowest BCUT2D eigenvalue weighted by atomic mass is 9.61. The summed E-state index contributed by atoms with van der Waals surface area (Å²) >= 11 is 1.79. The van der Waals surface area contributed by atoms with E-state index in [0.717, 1.165) is 44.1 Å². The van der Waals surface area contributed by atoms with Gasteiger partial charge in [0.2, 0.25) is 0 Å². The Morgan fingerprint density at radius 3 is 2.26 bits per heavy atom. The predicted molar refractivity (Wildman–Crippen MR) is 108 cm³/mol. The molecule has 0 radical (unpaired) electrons. The topological polar surface area (TPSA) is 100 Å². The van der Waals surface area contributed by atoms with Gasteiger partial charge in [0.15, 0.2) is 6.10 Å². The molecule has 5 rings (SSSR count). The molecule has 4 aliphatic rings. The number of nitrogens with zero attached hydrogens (tertiary/aromatic N) is 1. The van der Waals surface area contributed by atoms with Crippen LogP contribution < -0.4 is 15.4 Å². The van der Waals surface area contributed by atoms with Crippen LogP contribution in [-0.4, -0.2) is 37.9 Å². The first kappa shape index (κ1) is 18.5. The van der Waals surface area contributed by atoms with Gasteiger partial charge in [-0.25, -0.2) is 0 Å². The minimum Gasteiger partial charge on any atom is -0.479 e. The average molecular weight is 483 g/mol. The number of benzene rings is 1. The van der Waals surface area contributed by atoms with Crippen molar-refractivity contribution in [1.82, 2.24) is 10.6 Å². The fourth-order valence-corrected chi connectivity index (χ4v) is 5.21. The molecular weight excluding hydrogens is 461 g/mol. The number of carbonyl (C=O) groups excluding carboxylic acids is 2. The summed E-state index contributed by atoms with van der Waals surface area (Å²) in [6.07, 6.45) is 4.70. The third kappa shape index (κ3) is 3.51. The van der Waals surface area contributed by atoms with Crippen molar-refractivity contribution in [3.63, 3.8) is 0 Å². The highest BCUT2D eigenvalue weighted by molar-refractivity contribution is 14.1. The van der Waals surface area contributed by atoms with Gasteiger partial charge >= 0.3 is 0 Å². The second-order valence-electron chi connectivity index (χ2n) is 7.80. The zero-order chi connectivity index (χ0) is 19.1. The molecule has 8 heteroatoms. The van der Waals surface area contributed by atoms with Crippen LogP contribution in [0.1, 0.15) is 50.5 Å². The van der Waals surface area contributed by atoms with Crippen molar-refractivity contribution in [3.05, 3.63) is 29.8 Å². The lowest BCUT2D eigenvalue weighted by Crippen LogP contribution is -2.64. The van der Waals surface area contributed by atoms with Gasteiger partial charge in [0.25, 0.3) is 9.82 Å². The van der Waals surface area contributed by atoms with Gasteiger partial charge in [-0.15, -0.1) is 0 Å². The number of para-hydroxylation sites is 1. The minimum atomic E-state index is -0.706. The fourth-order valence-electron chi connectivity index (χ4n) is 4.64. The van der Waals surface area contributed by atoms with E-state index in [-0.39, 0.29) is 27.3 Å². The van der Waals surface area contributed by atoms with E-state index in [4.69, 9.17) is 4.74 Å². The number of hydrogen-bond acceptors (Lipinski definition) is 5. The van der Waals surface area contributed by atoms with Crippen molar-refractivity contribution in [3.8, 4) is 5.75 Å². The van der Waals surface area contributed by atoms with E-state index in [2.05, 4.69) is 15.8 Å². The monoisotopic (exact) mass is 483 g/mol. The van der Waals surface area contributed by atoms with Crippen LogP contribution in [0.5, 0.6) is 5.75 Å². The maximum Gasteiger partial charge on any atom is 0.281 e. The van der Waals surface area contributed by atoms with E-state index in [9.17, 15) is 14.8 Å². The van der Waals surface area contributed by atoms with Crippen molar-refractivity contribution in [2.24, 2.45) is 5.16 Å². The van der Waals surface area contributed by atoms with Crippen molar-refractivity contribution in [1.29, 1.82) is 0 Å². The molecule has 3 saturated carbocycles. The number of rotatable bonds is 3. The van der Waals surface area contributed by atoms with Crippen LogP contribution in [0.25, 0.3) is 0 Å². The lowest BCUT2D eigenvalue weighted by molar-refractivity contribution is -0.131. The number of nitrogens with one attached hydrogen (secondary N) is 2. The molecule has 27 heavy (non-hydrogen) atoms. The highest BCUT2D eigenvalue weighted by atomic mass is 127. The SMILES string of the molecule is O=C(I)NC12CCC(NC(=O)C3C/C(=N\O)c4ccccc4O3)(CC1)CC2.